The Bertz CT molecular complexity index is 1050. The van der Waals surface area contributed by atoms with Crippen molar-refractivity contribution in [3.05, 3.63) is 59.1 Å². The molecule has 31 heavy (non-hydrogen) atoms. The van der Waals surface area contributed by atoms with Crippen LogP contribution in [0.15, 0.2) is 59.1 Å². The van der Waals surface area contributed by atoms with Crippen LogP contribution in [0.2, 0.25) is 0 Å². The molecule has 1 saturated carbocycles. The molecular formula is C24H28BrN5S. The number of rotatable bonds is 5. The number of anilines is 3. The minimum Gasteiger partial charge on any atom is -0.377 e. The van der Waals surface area contributed by atoms with Gasteiger partial charge in [-0.1, -0.05) is 34.1 Å². The summed E-state index contributed by atoms with van der Waals surface area (Å²) in [6.45, 7) is 0. The zero-order chi connectivity index (χ0) is 21.8. The molecule has 3 N–H and O–H groups in total. The van der Waals surface area contributed by atoms with Crippen LogP contribution in [0.25, 0.3) is 10.9 Å². The van der Waals surface area contributed by atoms with Crippen molar-refractivity contribution in [2.24, 2.45) is 0 Å². The number of benzene rings is 2. The minimum absolute atomic E-state index is 0.399. The smallest absolute Gasteiger partial charge is 0.170 e. The predicted octanol–water partition coefficient (Wildman–Crippen LogP) is 5.77. The Labute approximate surface area is 197 Å². The Morgan fingerprint density at radius 2 is 1.68 bits per heavy atom. The number of hydrogen-bond donors (Lipinski definition) is 3. The van der Waals surface area contributed by atoms with Gasteiger partial charge in [-0.05, 0) is 68.2 Å². The molecule has 1 fully saturated rings. The van der Waals surface area contributed by atoms with E-state index < -0.39 is 0 Å². The molecule has 0 saturated heterocycles. The summed E-state index contributed by atoms with van der Waals surface area (Å²) in [7, 11) is 4.15. The molecule has 1 aliphatic rings. The van der Waals surface area contributed by atoms with Crippen molar-refractivity contribution in [2.75, 3.05) is 29.6 Å². The highest BCUT2D eigenvalue weighted by atomic mass is 79.9. The normalized spacial score (nSPS) is 18.4. The summed E-state index contributed by atoms with van der Waals surface area (Å²) < 4.78 is 1.06. The third-order valence-electron chi connectivity index (χ3n) is 5.69. The van der Waals surface area contributed by atoms with E-state index in [1.807, 2.05) is 30.3 Å². The van der Waals surface area contributed by atoms with Crippen molar-refractivity contribution >= 4 is 61.4 Å². The van der Waals surface area contributed by atoms with Gasteiger partial charge in [0.05, 0.1) is 5.52 Å². The van der Waals surface area contributed by atoms with Crippen LogP contribution in [0.1, 0.15) is 25.7 Å². The van der Waals surface area contributed by atoms with Gasteiger partial charge in [0.15, 0.2) is 5.11 Å². The number of hydrogen-bond acceptors (Lipinski definition) is 4. The van der Waals surface area contributed by atoms with Crippen molar-refractivity contribution in [3.63, 3.8) is 0 Å². The third-order valence-corrected chi connectivity index (χ3v) is 6.44. The molecule has 0 unspecified atom stereocenters. The van der Waals surface area contributed by atoms with Crippen molar-refractivity contribution in [1.82, 2.24) is 10.3 Å². The monoisotopic (exact) mass is 497 g/mol. The lowest BCUT2D eigenvalue weighted by molar-refractivity contribution is 0.388. The summed E-state index contributed by atoms with van der Waals surface area (Å²) in [5.41, 5.74) is 3.21. The Morgan fingerprint density at radius 3 is 2.39 bits per heavy atom. The number of thiocarbonyl (C=S) groups is 1. The molecule has 0 aliphatic heterocycles. The van der Waals surface area contributed by atoms with Crippen LogP contribution in [0, 0.1) is 0 Å². The first-order valence-electron chi connectivity index (χ1n) is 10.6. The highest BCUT2D eigenvalue weighted by molar-refractivity contribution is 9.10. The maximum atomic E-state index is 5.50. The maximum absolute atomic E-state index is 5.50. The first-order chi connectivity index (χ1) is 15.0. The second-order valence-corrected chi connectivity index (χ2v) is 9.56. The highest BCUT2D eigenvalue weighted by Gasteiger charge is 2.22. The maximum Gasteiger partial charge on any atom is 0.170 e. The second-order valence-electron chi connectivity index (χ2n) is 8.24. The molecular weight excluding hydrogens is 470 g/mol. The molecule has 0 bridgehead atoms. The van der Waals surface area contributed by atoms with Crippen LogP contribution < -0.4 is 20.9 Å². The number of nitrogens with zero attached hydrogens (tertiary/aromatic N) is 2. The van der Waals surface area contributed by atoms with E-state index in [4.69, 9.17) is 17.2 Å². The second kappa shape index (κ2) is 9.83. The van der Waals surface area contributed by atoms with Gasteiger partial charge in [-0.3, -0.25) is 0 Å². The molecule has 3 aromatic rings. The van der Waals surface area contributed by atoms with Gasteiger partial charge in [-0.25, -0.2) is 4.98 Å². The first kappa shape index (κ1) is 21.8. The van der Waals surface area contributed by atoms with Gasteiger partial charge in [0, 0.05) is 53.5 Å². The van der Waals surface area contributed by atoms with Gasteiger partial charge >= 0.3 is 0 Å². The van der Waals surface area contributed by atoms with Crippen LogP contribution >= 0.6 is 28.1 Å². The number of para-hydroxylation sites is 1. The number of halogens is 1. The van der Waals surface area contributed by atoms with E-state index in [1.165, 1.54) is 11.1 Å². The fourth-order valence-corrected chi connectivity index (χ4v) is 4.63. The van der Waals surface area contributed by atoms with E-state index in [-0.39, 0.29) is 0 Å². The summed E-state index contributed by atoms with van der Waals surface area (Å²) in [5.74, 6) is 0.950. The van der Waals surface area contributed by atoms with Gasteiger partial charge in [-0.15, -0.1) is 0 Å². The number of nitrogens with one attached hydrogen (secondary N) is 3. The summed E-state index contributed by atoms with van der Waals surface area (Å²) in [5, 5.41) is 12.3. The molecule has 4 rings (SSSR count). The summed E-state index contributed by atoms with van der Waals surface area (Å²) in [6.07, 6.45) is 4.33. The topological polar surface area (TPSA) is 52.2 Å². The van der Waals surface area contributed by atoms with E-state index in [1.54, 1.807) is 0 Å². The molecule has 7 heteroatoms. The molecule has 162 valence electrons. The van der Waals surface area contributed by atoms with Crippen LogP contribution in [0.5, 0.6) is 0 Å². The van der Waals surface area contributed by atoms with E-state index in [9.17, 15) is 0 Å². The largest absolute Gasteiger partial charge is 0.377 e. The van der Waals surface area contributed by atoms with Gasteiger partial charge in [0.25, 0.3) is 0 Å². The Kier molecular flexibility index (Phi) is 6.92. The van der Waals surface area contributed by atoms with E-state index >= 15 is 0 Å². The molecule has 2 aromatic carbocycles. The van der Waals surface area contributed by atoms with Gasteiger partial charge < -0.3 is 20.9 Å². The van der Waals surface area contributed by atoms with Gasteiger partial charge in [0.2, 0.25) is 0 Å². The van der Waals surface area contributed by atoms with Crippen LogP contribution in [0.4, 0.5) is 17.2 Å². The third kappa shape index (κ3) is 5.66. The van der Waals surface area contributed by atoms with Crippen molar-refractivity contribution in [2.45, 2.75) is 37.8 Å². The van der Waals surface area contributed by atoms with Crippen LogP contribution in [-0.2, 0) is 0 Å². The quantitative estimate of drug-likeness (QED) is 0.388. The Hall–Kier alpha value is -2.38. The highest BCUT2D eigenvalue weighted by Crippen LogP contribution is 2.29. The summed E-state index contributed by atoms with van der Waals surface area (Å²) >= 11 is 8.96. The molecule has 0 spiro atoms. The predicted molar refractivity (Wildman–Crippen MR) is 139 cm³/mol. The number of pyridine rings is 1. The zero-order valence-corrected chi connectivity index (χ0v) is 20.3. The van der Waals surface area contributed by atoms with Crippen molar-refractivity contribution < 1.29 is 0 Å². The lowest BCUT2D eigenvalue weighted by atomic mass is 9.91. The molecule has 0 atom stereocenters. The van der Waals surface area contributed by atoms with Crippen molar-refractivity contribution in [1.29, 1.82) is 0 Å². The molecule has 1 aliphatic carbocycles. The molecule has 0 radical (unpaired) electrons. The average Bonchev–Trinajstić information content (AvgIpc) is 2.76. The van der Waals surface area contributed by atoms with Crippen LogP contribution in [0.3, 0.4) is 0 Å². The Morgan fingerprint density at radius 1 is 1.00 bits per heavy atom. The van der Waals surface area contributed by atoms with Crippen LogP contribution in [-0.4, -0.2) is 36.3 Å². The molecule has 1 aromatic heterocycles. The van der Waals surface area contributed by atoms with E-state index in [0.29, 0.717) is 17.2 Å². The SMILES string of the molecule is CN(C)c1cc(NC2CCC(NC(=S)Nc3ccc(Br)cc3)CC2)nc2ccccc12. The average molecular weight is 498 g/mol. The molecule has 0 amide bonds. The molecule has 1 heterocycles. The van der Waals surface area contributed by atoms with Gasteiger partial charge in [-0.2, -0.15) is 0 Å². The van der Waals surface area contributed by atoms with E-state index in [0.717, 1.165) is 47.2 Å². The fourth-order valence-electron chi connectivity index (χ4n) is 4.08. The number of fused-ring (bicyclic) bond motifs is 1. The standard InChI is InChI=1S/C24H28BrN5S/c1-30(2)22-15-23(29-21-6-4-3-5-20(21)22)26-17-11-13-19(14-12-17)28-24(31)27-18-9-7-16(25)8-10-18/h3-10,15,17,19H,11-14H2,1-2H3,(H,26,29)(H2,27,28,31). The minimum atomic E-state index is 0.399. The van der Waals surface area contributed by atoms with Gasteiger partial charge in [0.1, 0.15) is 5.82 Å². The molecule has 5 nitrogen and oxygen atoms in total. The summed E-state index contributed by atoms with van der Waals surface area (Å²) in [4.78, 5) is 6.99. The lowest BCUT2D eigenvalue weighted by Crippen LogP contribution is -2.42. The fraction of sp³-hybridized carbons (Fsp3) is 0.333. The Balaban J connectivity index is 1.32. The van der Waals surface area contributed by atoms with Crippen molar-refractivity contribution in [3.8, 4) is 0 Å². The first-order valence-corrected chi connectivity index (χ1v) is 11.8. The van der Waals surface area contributed by atoms with E-state index in [2.05, 4.69) is 75.1 Å². The summed E-state index contributed by atoms with van der Waals surface area (Å²) in [6, 6.07) is 19.3. The number of aromatic nitrogens is 1. The zero-order valence-electron chi connectivity index (χ0n) is 17.9. The lowest BCUT2D eigenvalue weighted by Gasteiger charge is -2.31.